The quantitative estimate of drug-likeness (QED) is 0.727. The van der Waals surface area contributed by atoms with Crippen LogP contribution in [0.4, 0.5) is 10.6 Å². The van der Waals surface area contributed by atoms with E-state index in [2.05, 4.69) is 15.0 Å². The van der Waals surface area contributed by atoms with Gasteiger partial charge in [-0.25, -0.2) is 18.2 Å². The molecule has 0 bridgehead atoms. The summed E-state index contributed by atoms with van der Waals surface area (Å²) in [7, 11) is -3.49. The summed E-state index contributed by atoms with van der Waals surface area (Å²) in [4.78, 5) is 28.0. The summed E-state index contributed by atoms with van der Waals surface area (Å²) < 4.78 is 31.2. The highest BCUT2D eigenvalue weighted by Crippen LogP contribution is 2.20. The molecule has 0 unspecified atom stereocenters. The number of hydrogen-bond donors (Lipinski definition) is 1. The molecule has 10 heteroatoms. The molecule has 1 aromatic rings. The number of nitrogens with one attached hydrogen (secondary N) is 2. The Morgan fingerprint density at radius 2 is 1.96 bits per heavy atom. The summed E-state index contributed by atoms with van der Waals surface area (Å²) in [6.07, 6.45) is 2.39. The maximum Gasteiger partial charge on any atom is 0.413 e. The number of imide groups is 1. The molecular formula is C16H25N4O5S+. The summed E-state index contributed by atoms with van der Waals surface area (Å²) in [6, 6.07) is 3.13. The number of likely N-dealkylation sites (N-methyl/N-ethyl adjacent to an activating group) is 1. The van der Waals surface area contributed by atoms with Gasteiger partial charge < -0.3 is 4.74 Å². The van der Waals surface area contributed by atoms with Crippen molar-refractivity contribution in [1.29, 1.82) is 0 Å². The second kappa shape index (κ2) is 8.95. The molecule has 2 amide bonds. The molecule has 9 nitrogen and oxygen atoms in total. The van der Waals surface area contributed by atoms with E-state index in [9.17, 15) is 18.0 Å². The summed E-state index contributed by atoms with van der Waals surface area (Å²) >= 11 is 0. The highest BCUT2D eigenvalue weighted by atomic mass is 32.2. The highest BCUT2D eigenvalue weighted by Gasteiger charge is 2.28. The number of aromatic nitrogens is 1. The Morgan fingerprint density at radius 1 is 1.27 bits per heavy atom. The molecular weight excluding hydrogens is 360 g/mol. The van der Waals surface area contributed by atoms with Crippen LogP contribution in [-0.4, -0.2) is 57.5 Å². The number of nitrogens with zero attached hydrogens (tertiary/aromatic N) is 2. The summed E-state index contributed by atoms with van der Waals surface area (Å²) in [6.45, 7) is 5.18. The Hall–Kier alpha value is -2.20. The number of anilines is 1. The second-order valence-corrected chi connectivity index (χ2v) is 7.74. The van der Waals surface area contributed by atoms with Gasteiger partial charge in [0.05, 0.1) is 13.2 Å². The van der Waals surface area contributed by atoms with Gasteiger partial charge in [0.15, 0.2) is 6.54 Å². The number of carbonyl (C=O) groups is 2. The number of H-pyrrole nitrogens is 1. The average Bonchev–Trinajstić information content (AvgIpc) is 3.15. The molecule has 0 saturated carbocycles. The van der Waals surface area contributed by atoms with Gasteiger partial charge >= 0.3 is 6.09 Å². The van der Waals surface area contributed by atoms with Crippen LogP contribution in [0.5, 0.6) is 0 Å². The minimum atomic E-state index is -3.49. The lowest BCUT2D eigenvalue weighted by molar-refractivity contribution is -0.367. The Bertz CT molecular complexity index is 730. The lowest BCUT2D eigenvalue weighted by atomic mass is 10.4. The third-order valence-electron chi connectivity index (χ3n) is 4.04. The zero-order valence-corrected chi connectivity index (χ0v) is 15.8. The molecule has 1 aromatic heterocycles. The molecule has 1 aliphatic heterocycles. The molecule has 0 radical (unpaired) electrons. The van der Waals surface area contributed by atoms with Gasteiger partial charge in [-0.3, -0.25) is 15.0 Å². The third-order valence-corrected chi connectivity index (χ3v) is 5.94. The number of rotatable bonds is 7. The predicted molar refractivity (Wildman–Crippen MR) is 94.0 cm³/mol. The first-order valence-electron chi connectivity index (χ1n) is 8.62. The van der Waals surface area contributed by atoms with Crippen LogP contribution < -0.4 is 15.2 Å². The minimum Gasteiger partial charge on any atom is -0.450 e. The van der Waals surface area contributed by atoms with Crippen LogP contribution in [0.15, 0.2) is 23.2 Å². The Kier molecular flexibility index (Phi) is 6.92. The van der Waals surface area contributed by atoms with Crippen LogP contribution in [0, 0.1) is 0 Å². The van der Waals surface area contributed by atoms with Crippen molar-refractivity contribution in [2.45, 2.75) is 31.6 Å². The number of alkyl carbamates (subject to hydrolysis) is 1. The third kappa shape index (κ3) is 4.92. The fraction of sp³-hybridized carbons (Fsp3) is 0.562. The first-order valence-corrected chi connectivity index (χ1v) is 10.1. The molecule has 26 heavy (non-hydrogen) atoms. The van der Waals surface area contributed by atoms with E-state index in [1.807, 2.05) is 6.92 Å². The lowest BCUT2D eigenvalue weighted by Crippen LogP contribution is -2.42. The van der Waals surface area contributed by atoms with Gasteiger partial charge in [0.1, 0.15) is 11.1 Å². The number of amides is 2. The predicted octanol–water partition coefficient (Wildman–Crippen LogP) is 0.384. The Balaban J connectivity index is 2.05. The van der Waals surface area contributed by atoms with Crippen LogP contribution in [0.2, 0.25) is 0 Å². The van der Waals surface area contributed by atoms with Crippen LogP contribution in [0.25, 0.3) is 0 Å². The summed E-state index contributed by atoms with van der Waals surface area (Å²) in [5.41, 5.74) is 0. The smallest absolute Gasteiger partial charge is 0.413 e. The maximum absolute atomic E-state index is 12.5. The molecule has 0 spiro atoms. The fourth-order valence-electron chi connectivity index (χ4n) is 2.70. The van der Waals surface area contributed by atoms with E-state index < -0.39 is 22.0 Å². The van der Waals surface area contributed by atoms with Crippen molar-refractivity contribution >= 4 is 27.8 Å². The normalized spacial score (nSPS) is 14.8. The van der Waals surface area contributed by atoms with Gasteiger partial charge in [-0.15, -0.1) is 0 Å². The van der Waals surface area contributed by atoms with Gasteiger partial charge in [0, 0.05) is 19.2 Å². The van der Waals surface area contributed by atoms with Gasteiger partial charge in [-0.1, -0.05) is 0 Å². The van der Waals surface area contributed by atoms with Gasteiger partial charge in [0.2, 0.25) is 10.0 Å². The van der Waals surface area contributed by atoms with E-state index in [0.717, 1.165) is 12.8 Å². The number of ether oxygens (including phenoxy) is 1. The van der Waals surface area contributed by atoms with Crippen molar-refractivity contribution in [2.24, 2.45) is 0 Å². The Morgan fingerprint density at radius 3 is 2.50 bits per heavy atom. The monoisotopic (exact) mass is 385 g/mol. The van der Waals surface area contributed by atoms with E-state index in [-0.39, 0.29) is 18.0 Å². The first-order chi connectivity index (χ1) is 12.4. The second-order valence-electron chi connectivity index (χ2n) is 5.80. The van der Waals surface area contributed by atoms with Crippen molar-refractivity contribution < 1.29 is 27.7 Å². The molecule has 2 heterocycles. The molecule has 1 saturated heterocycles. The van der Waals surface area contributed by atoms with Crippen molar-refractivity contribution in [3.8, 4) is 0 Å². The number of pyridine rings is 1. The largest absolute Gasteiger partial charge is 0.450 e. The molecule has 1 aliphatic rings. The van der Waals surface area contributed by atoms with E-state index in [1.54, 1.807) is 17.9 Å². The zero-order valence-electron chi connectivity index (χ0n) is 15.0. The molecule has 0 aliphatic carbocycles. The van der Waals surface area contributed by atoms with Gasteiger partial charge in [-0.05, 0) is 32.8 Å². The van der Waals surface area contributed by atoms with Gasteiger partial charge in [0.25, 0.3) is 11.7 Å². The standard InChI is InChI=1S/C16H24N4O5S/c1-3-19(12-15(21)18-16(22)25-4-2)14-8-7-13(11-17-14)26(23,24)20-9-5-6-10-20/h7-8,11H,3-6,9-10,12H2,1-2H3,(H,18,21,22)/p+1. The van der Waals surface area contributed by atoms with Crippen molar-refractivity contribution in [1.82, 2.24) is 9.62 Å². The topological polar surface area (TPSA) is 110 Å². The number of hydrogen-bond acceptors (Lipinski definition) is 6. The van der Waals surface area contributed by atoms with Crippen molar-refractivity contribution in [3.05, 3.63) is 18.3 Å². The van der Waals surface area contributed by atoms with Crippen LogP contribution in [0.3, 0.4) is 0 Å². The minimum absolute atomic E-state index is 0.0654. The molecule has 144 valence electrons. The zero-order chi connectivity index (χ0) is 19.2. The maximum atomic E-state index is 12.5. The van der Waals surface area contributed by atoms with Crippen molar-refractivity contribution in [2.75, 3.05) is 37.7 Å². The van der Waals surface area contributed by atoms with Gasteiger partial charge in [-0.2, -0.15) is 4.31 Å². The van der Waals surface area contributed by atoms with E-state index in [4.69, 9.17) is 0 Å². The van der Waals surface area contributed by atoms with Crippen LogP contribution in [-0.2, 0) is 19.6 Å². The summed E-state index contributed by atoms with van der Waals surface area (Å²) in [5.74, 6) is 0.0688. The lowest BCUT2D eigenvalue weighted by Gasteiger charge is -2.16. The van der Waals surface area contributed by atoms with E-state index in [1.165, 1.54) is 16.6 Å². The summed E-state index contributed by atoms with van der Waals surface area (Å²) in [5, 5.41) is 2.13. The van der Waals surface area contributed by atoms with E-state index in [0.29, 0.717) is 25.5 Å². The molecule has 2 N–H and O–H groups in total. The SMILES string of the molecule is CCOC(=O)NC(=O)CN(CC)c1ccc(S(=O)(=O)N2CCCC2)c[nH+]1. The highest BCUT2D eigenvalue weighted by molar-refractivity contribution is 7.89. The van der Waals surface area contributed by atoms with E-state index >= 15 is 0 Å². The van der Waals surface area contributed by atoms with Crippen LogP contribution in [0.1, 0.15) is 26.7 Å². The number of aromatic amines is 1. The molecule has 1 fully saturated rings. The number of sulfonamides is 1. The number of carbonyl (C=O) groups excluding carboxylic acids is 2. The fourth-order valence-corrected chi connectivity index (χ4v) is 4.18. The van der Waals surface area contributed by atoms with Crippen molar-refractivity contribution in [3.63, 3.8) is 0 Å². The Labute approximate surface area is 153 Å². The molecule has 2 rings (SSSR count). The molecule has 0 aromatic carbocycles. The van der Waals surface area contributed by atoms with Crippen LogP contribution >= 0.6 is 0 Å². The average molecular weight is 385 g/mol. The first kappa shape index (κ1) is 20.1. The molecule has 0 atom stereocenters.